The van der Waals surface area contributed by atoms with Crippen LogP contribution in [0.3, 0.4) is 0 Å². The number of carbonyl (C=O) groups excluding carboxylic acids is 1. The number of hydrogen-bond acceptors (Lipinski definition) is 4. The van der Waals surface area contributed by atoms with Crippen molar-refractivity contribution >= 4 is 33.3 Å². The van der Waals surface area contributed by atoms with Gasteiger partial charge in [-0.1, -0.05) is 63.1 Å². The summed E-state index contributed by atoms with van der Waals surface area (Å²) in [6.07, 6.45) is 4.72. The number of sulfonamides is 1. The highest BCUT2D eigenvalue weighted by Gasteiger charge is 2.32. The molecule has 1 N–H and O–H groups in total. The minimum absolute atomic E-state index is 0.0260. The van der Waals surface area contributed by atoms with E-state index in [1.54, 1.807) is 17.4 Å². The maximum absolute atomic E-state index is 13.0. The highest BCUT2D eigenvalue weighted by Crippen LogP contribution is 2.31. The van der Waals surface area contributed by atoms with Crippen molar-refractivity contribution in [2.75, 3.05) is 13.1 Å². The zero-order valence-electron chi connectivity index (χ0n) is 18.2. The van der Waals surface area contributed by atoms with Crippen LogP contribution in [-0.2, 0) is 14.8 Å². The number of thiophene rings is 1. The van der Waals surface area contributed by atoms with Gasteiger partial charge in [-0.25, -0.2) is 8.42 Å². The lowest BCUT2D eigenvalue weighted by molar-refractivity contribution is -0.127. The average Bonchev–Trinajstić information content (AvgIpc) is 3.33. The second-order valence-electron chi connectivity index (χ2n) is 8.01. The average molecular weight is 461 g/mol. The molecule has 1 aromatic heterocycles. The number of amides is 1. The monoisotopic (exact) mass is 460 g/mol. The smallest absolute Gasteiger partial charge is 0.236 e. The Balaban J connectivity index is 1.59. The summed E-state index contributed by atoms with van der Waals surface area (Å²) >= 11 is 1.68. The second-order valence-corrected chi connectivity index (χ2v) is 10.8. The molecule has 1 fully saturated rings. The van der Waals surface area contributed by atoms with Crippen LogP contribution in [-0.4, -0.2) is 31.7 Å². The van der Waals surface area contributed by atoms with Crippen molar-refractivity contribution in [2.45, 2.75) is 45.6 Å². The van der Waals surface area contributed by atoms with Gasteiger partial charge in [0.25, 0.3) is 0 Å². The van der Waals surface area contributed by atoms with Crippen molar-refractivity contribution in [1.29, 1.82) is 0 Å². The standard InChI is InChI=1S/C24H32N2O3S2/c1-3-20(4-2)23(22-11-8-17-30-22)25-24(27)21-12-15-26(16-13-21)31(28,29)18-14-19-9-6-5-7-10-19/h5-11,14,17-18,20-21,23H,3-4,12-13,15-16H2,1-2H3,(H,25,27)/b18-14+. The predicted molar refractivity (Wildman–Crippen MR) is 128 cm³/mol. The fourth-order valence-corrected chi connectivity index (χ4v) is 6.20. The Hall–Kier alpha value is -1.96. The van der Waals surface area contributed by atoms with E-state index in [0.29, 0.717) is 31.8 Å². The molecule has 168 valence electrons. The van der Waals surface area contributed by atoms with E-state index in [1.807, 2.05) is 41.8 Å². The summed E-state index contributed by atoms with van der Waals surface area (Å²) in [5.74, 6) is 0.287. The van der Waals surface area contributed by atoms with Crippen LogP contribution in [0.25, 0.3) is 6.08 Å². The van der Waals surface area contributed by atoms with Crippen molar-refractivity contribution in [3.8, 4) is 0 Å². The van der Waals surface area contributed by atoms with Gasteiger partial charge >= 0.3 is 0 Å². The third kappa shape index (κ3) is 6.28. The minimum atomic E-state index is -3.49. The summed E-state index contributed by atoms with van der Waals surface area (Å²) in [7, 11) is -3.49. The molecule has 1 aliphatic rings. The molecule has 2 heterocycles. The lowest BCUT2D eigenvalue weighted by atomic mass is 9.91. The molecule has 31 heavy (non-hydrogen) atoms. The van der Waals surface area contributed by atoms with Gasteiger partial charge in [0.2, 0.25) is 15.9 Å². The predicted octanol–water partition coefficient (Wildman–Crippen LogP) is 5.05. The first-order valence-electron chi connectivity index (χ1n) is 11.0. The Kier molecular flexibility index (Phi) is 8.46. The van der Waals surface area contributed by atoms with Crippen molar-refractivity contribution in [1.82, 2.24) is 9.62 Å². The molecule has 3 rings (SSSR count). The number of hydrogen-bond donors (Lipinski definition) is 1. The van der Waals surface area contributed by atoms with Gasteiger partial charge in [-0.15, -0.1) is 11.3 Å². The van der Waals surface area contributed by atoms with Crippen LogP contribution in [0.1, 0.15) is 56.0 Å². The molecule has 1 atom stereocenters. The van der Waals surface area contributed by atoms with E-state index in [-0.39, 0.29) is 17.9 Å². The molecule has 0 radical (unpaired) electrons. The topological polar surface area (TPSA) is 66.5 Å². The van der Waals surface area contributed by atoms with Gasteiger partial charge in [-0.2, -0.15) is 4.31 Å². The van der Waals surface area contributed by atoms with E-state index < -0.39 is 10.0 Å². The van der Waals surface area contributed by atoms with Crippen molar-refractivity contribution in [3.63, 3.8) is 0 Å². The first-order valence-corrected chi connectivity index (χ1v) is 13.4. The zero-order valence-corrected chi connectivity index (χ0v) is 19.9. The molecule has 1 saturated heterocycles. The van der Waals surface area contributed by atoms with E-state index in [1.165, 1.54) is 14.6 Å². The molecule has 1 aromatic carbocycles. The zero-order chi connectivity index (χ0) is 22.3. The molecular weight excluding hydrogens is 428 g/mol. The Morgan fingerprint density at radius 1 is 1.13 bits per heavy atom. The SMILES string of the molecule is CCC(CC)C(NC(=O)C1CCN(S(=O)(=O)/C=C/c2ccccc2)CC1)c1cccs1. The lowest BCUT2D eigenvalue weighted by Crippen LogP contribution is -2.44. The van der Waals surface area contributed by atoms with Crippen LogP contribution in [0.15, 0.2) is 53.3 Å². The lowest BCUT2D eigenvalue weighted by Gasteiger charge is -2.32. The maximum atomic E-state index is 13.0. The highest BCUT2D eigenvalue weighted by atomic mass is 32.2. The number of nitrogens with zero attached hydrogens (tertiary/aromatic N) is 1. The third-order valence-electron chi connectivity index (χ3n) is 6.08. The molecule has 1 unspecified atom stereocenters. The number of nitrogens with one attached hydrogen (secondary N) is 1. The normalized spacial score (nSPS) is 17.3. The number of carbonyl (C=O) groups is 1. The quantitative estimate of drug-likeness (QED) is 0.569. The maximum Gasteiger partial charge on any atom is 0.236 e. The summed E-state index contributed by atoms with van der Waals surface area (Å²) < 4.78 is 26.8. The van der Waals surface area contributed by atoms with Crippen molar-refractivity contribution in [3.05, 3.63) is 63.7 Å². The number of benzene rings is 1. The molecule has 0 bridgehead atoms. The summed E-state index contributed by atoms with van der Waals surface area (Å²) in [5, 5.41) is 6.59. The van der Waals surface area contributed by atoms with E-state index in [4.69, 9.17) is 0 Å². The van der Waals surface area contributed by atoms with Gasteiger partial charge < -0.3 is 5.32 Å². The van der Waals surface area contributed by atoms with Crippen molar-refractivity contribution < 1.29 is 13.2 Å². The van der Waals surface area contributed by atoms with Gasteiger partial charge in [-0.05, 0) is 41.8 Å². The fraction of sp³-hybridized carbons (Fsp3) is 0.458. The molecule has 1 aliphatic heterocycles. The van der Waals surface area contributed by atoms with Gasteiger partial charge in [0.15, 0.2) is 0 Å². The largest absolute Gasteiger partial charge is 0.348 e. The van der Waals surface area contributed by atoms with Crippen molar-refractivity contribution in [2.24, 2.45) is 11.8 Å². The Morgan fingerprint density at radius 3 is 2.39 bits per heavy atom. The van der Waals surface area contributed by atoms with E-state index in [9.17, 15) is 13.2 Å². The van der Waals surface area contributed by atoms with Gasteiger partial charge in [0.05, 0.1) is 6.04 Å². The molecule has 0 spiro atoms. The first kappa shape index (κ1) is 23.7. The Bertz CT molecular complexity index is 944. The molecule has 0 saturated carbocycles. The molecular formula is C24H32N2O3S2. The summed E-state index contributed by atoms with van der Waals surface area (Å²) in [6, 6.07) is 13.5. The van der Waals surface area contributed by atoms with Crippen LogP contribution in [0.5, 0.6) is 0 Å². The van der Waals surface area contributed by atoms with Crippen LogP contribution < -0.4 is 5.32 Å². The van der Waals surface area contributed by atoms with Gasteiger partial charge in [-0.3, -0.25) is 4.79 Å². The number of rotatable bonds is 9. The first-order chi connectivity index (χ1) is 14.9. The Morgan fingerprint density at radius 2 is 1.81 bits per heavy atom. The second kappa shape index (κ2) is 11.1. The number of piperidine rings is 1. The molecule has 2 aromatic rings. The van der Waals surface area contributed by atoms with E-state index in [0.717, 1.165) is 18.4 Å². The highest BCUT2D eigenvalue weighted by molar-refractivity contribution is 7.92. The van der Waals surface area contributed by atoms with E-state index in [2.05, 4.69) is 25.2 Å². The summed E-state index contributed by atoms with van der Waals surface area (Å²) in [5.41, 5.74) is 0.848. The van der Waals surface area contributed by atoms with Crippen LogP contribution in [0, 0.1) is 11.8 Å². The minimum Gasteiger partial charge on any atom is -0.348 e. The van der Waals surface area contributed by atoms with Gasteiger partial charge in [0.1, 0.15) is 0 Å². The van der Waals surface area contributed by atoms with Crippen LogP contribution in [0.4, 0.5) is 0 Å². The van der Waals surface area contributed by atoms with Gasteiger partial charge in [0, 0.05) is 29.3 Å². The molecule has 0 aliphatic carbocycles. The molecule has 7 heteroatoms. The molecule has 1 amide bonds. The third-order valence-corrected chi connectivity index (χ3v) is 8.60. The fourth-order valence-electron chi connectivity index (χ4n) is 4.11. The summed E-state index contributed by atoms with van der Waals surface area (Å²) in [6.45, 7) is 5.06. The van der Waals surface area contributed by atoms with E-state index >= 15 is 0 Å². The Labute approximate surface area is 190 Å². The molecule has 5 nitrogen and oxygen atoms in total. The summed E-state index contributed by atoms with van der Waals surface area (Å²) in [4.78, 5) is 14.2. The van der Waals surface area contributed by atoms with Crippen LogP contribution in [0.2, 0.25) is 0 Å². The van der Waals surface area contributed by atoms with Crippen LogP contribution >= 0.6 is 11.3 Å².